The van der Waals surface area contributed by atoms with Gasteiger partial charge in [0.2, 0.25) is 17.8 Å². The SMILES string of the molecule is CCCNc1nc(N(C)C)nc(N2CC(C)SC(C)C2)n1. The molecule has 1 aliphatic rings. The van der Waals surface area contributed by atoms with Gasteiger partial charge in [0.25, 0.3) is 0 Å². The maximum absolute atomic E-state index is 4.61. The van der Waals surface area contributed by atoms with E-state index >= 15 is 0 Å². The highest BCUT2D eigenvalue weighted by atomic mass is 32.2. The Morgan fingerprint density at radius 3 is 2.43 bits per heavy atom. The molecule has 0 saturated carbocycles. The fraction of sp³-hybridized carbons (Fsp3) is 0.786. The Morgan fingerprint density at radius 1 is 1.19 bits per heavy atom. The molecule has 0 aromatic carbocycles. The van der Waals surface area contributed by atoms with Gasteiger partial charge in [-0.1, -0.05) is 20.8 Å². The summed E-state index contributed by atoms with van der Waals surface area (Å²) in [5.74, 6) is 2.16. The lowest BCUT2D eigenvalue weighted by molar-refractivity contribution is 0.702. The Balaban J connectivity index is 2.26. The second-order valence-electron chi connectivity index (χ2n) is 5.74. The largest absolute Gasteiger partial charge is 0.354 e. The third kappa shape index (κ3) is 4.36. The van der Waals surface area contributed by atoms with Crippen molar-refractivity contribution < 1.29 is 0 Å². The quantitative estimate of drug-likeness (QED) is 0.893. The minimum Gasteiger partial charge on any atom is -0.354 e. The van der Waals surface area contributed by atoms with Gasteiger partial charge in [-0.25, -0.2) is 0 Å². The Bertz CT molecular complexity index is 457. The van der Waals surface area contributed by atoms with E-state index in [1.54, 1.807) is 0 Å². The first kappa shape index (κ1) is 16.1. The first-order chi connectivity index (χ1) is 9.99. The first-order valence-electron chi connectivity index (χ1n) is 7.57. The zero-order valence-electron chi connectivity index (χ0n) is 13.6. The van der Waals surface area contributed by atoms with Gasteiger partial charge < -0.3 is 15.1 Å². The lowest BCUT2D eigenvalue weighted by Gasteiger charge is -2.34. The molecule has 2 unspecified atom stereocenters. The maximum Gasteiger partial charge on any atom is 0.232 e. The molecule has 1 aromatic heterocycles. The van der Waals surface area contributed by atoms with E-state index in [4.69, 9.17) is 0 Å². The third-order valence-corrected chi connectivity index (χ3v) is 4.47. The van der Waals surface area contributed by atoms with E-state index in [9.17, 15) is 0 Å². The average Bonchev–Trinajstić information content (AvgIpc) is 2.43. The Morgan fingerprint density at radius 2 is 1.86 bits per heavy atom. The van der Waals surface area contributed by atoms with Gasteiger partial charge in [0.1, 0.15) is 0 Å². The van der Waals surface area contributed by atoms with E-state index in [1.807, 2.05) is 30.8 Å². The van der Waals surface area contributed by atoms with Crippen molar-refractivity contribution in [1.29, 1.82) is 0 Å². The van der Waals surface area contributed by atoms with E-state index in [0.717, 1.165) is 32.0 Å². The summed E-state index contributed by atoms with van der Waals surface area (Å²) in [4.78, 5) is 17.9. The van der Waals surface area contributed by atoms with Crippen LogP contribution in [0.2, 0.25) is 0 Å². The van der Waals surface area contributed by atoms with Crippen molar-refractivity contribution in [2.24, 2.45) is 0 Å². The number of nitrogens with zero attached hydrogens (tertiary/aromatic N) is 5. The topological polar surface area (TPSA) is 57.2 Å². The van der Waals surface area contributed by atoms with Gasteiger partial charge in [0.15, 0.2) is 0 Å². The maximum atomic E-state index is 4.61. The number of nitrogens with one attached hydrogen (secondary N) is 1. The van der Waals surface area contributed by atoms with Gasteiger partial charge in [-0.05, 0) is 6.42 Å². The van der Waals surface area contributed by atoms with Crippen molar-refractivity contribution in [1.82, 2.24) is 15.0 Å². The van der Waals surface area contributed by atoms with Crippen LogP contribution in [-0.2, 0) is 0 Å². The number of anilines is 3. The standard InChI is InChI=1S/C14H26N6S/c1-6-7-15-12-16-13(19(4)5)18-14(17-12)20-8-10(2)21-11(3)9-20/h10-11H,6-9H2,1-5H3,(H,15,16,17,18). The average molecular weight is 310 g/mol. The van der Waals surface area contributed by atoms with Gasteiger partial charge in [-0.2, -0.15) is 26.7 Å². The lowest BCUT2D eigenvalue weighted by Crippen LogP contribution is -2.41. The molecule has 2 atom stereocenters. The van der Waals surface area contributed by atoms with Crippen molar-refractivity contribution in [2.45, 2.75) is 37.7 Å². The number of rotatable bonds is 5. The molecule has 2 heterocycles. The monoisotopic (exact) mass is 310 g/mol. The molecular formula is C14H26N6S. The molecule has 0 spiro atoms. The van der Waals surface area contributed by atoms with Crippen molar-refractivity contribution >= 4 is 29.6 Å². The summed E-state index contributed by atoms with van der Waals surface area (Å²) < 4.78 is 0. The summed E-state index contributed by atoms with van der Waals surface area (Å²) in [6, 6.07) is 0. The molecular weight excluding hydrogens is 284 g/mol. The molecule has 0 aliphatic carbocycles. The summed E-state index contributed by atoms with van der Waals surface area (Å²) in [6.07, 6.45) is 1.05. The minimum absolute atomic E-state index is 0.598. The minimum atomic E-state index is 0.598. The molecule has 1 aromatic rings. The zero-order chi connectivity index (χ0) is 15.4. The van der Waals surface area contributed by atoms with Crippen LogP contribution in [0, 0.1) is 0 Å². The highest BCUT2D eigenvalue weighted by Gasteiger charge is 2.25. The Hall–Kier alpha value is -1.24. The normalized spacial score (nSPS) is 22.2. The van der Waals surface area contributed by atoms with E-state index in [0.29, 0.717) is 22.4 Å². The fourth-order valence-corrected chi connectivity index (χ4v) is 3.68. The van der Waals surface area contributed by atoms with Crippen LogP contribution in [0.25, 0.3) is 0 Å². The van der Waals surface area contributed by atoms with E-state index in [1.165, 1.54) is 0 Å². The van der Waals surface area contributed by atoms with Crippen LogP contribution in [0.5, 0.6) is 0 Å². The molecule has 1 saturated heterocycles. The van der Waals surface area contributed by atoms with Crippen LogP contribution in [0.3, 0.4) is 0 Å². The second kappa shape index (κ2) is 7.15. The molecule has 118 valence electrons. The summed E-state index contributed by atoms with van der Waals surface area (Å²) >= 11 is 2.03. The van der Waals surface area contributed by atoms with Gasteiger partial charge in [-0.3, -0.25) is 0 Å². The fourth-order valence-electron chi connectivity index (χ4n) is 2.35. The van der Waals surface area contributed by atoms with Crippen molar-refractivity contribution in [2.75, 3.05) is 48.8 Å². The molecule has 0 amide bonds. The van der Waals surface area contributed by atoms with Gasteiger partial charge in [0.05, 0.1) is 0 Å². The van der Waals surface area contributed by atoms with Crippen LogP contribution in [-0.4, -0.2) is 59.2 Å². The smallest absolute Gasteiger partial charge is 0.232 e. The summed E-state index contributed by atoms with van der Waals surface area (Å²) in [7, 11) is 3.92. The number of hydrogen-bond acceptors (Lipinski definition) is 7. The summed E-state index contributed by atoms with van der Waals surface area (Å²) in [5, 5.41) is 4.47. The number of thioether (sulfide) groups is 1. The number of hydrogen-bond donors (Lipinski definition) is 1. The predicted octanol–water partition coefficient (Wildman–Crippen LogP) is 2.09. The van der Waals surface area contributed by atoms with Gasteiger partial charge >= 0.3 is 0 Å². The first-order valence-corrected chi connectivity index (χ1v) is 8.51. The van der Waals surface area contributed by atoms with Crippen LogP contribution >= 0.6 is 11.8 Å². The van der Waals surface area contributed by atoms with E-state index < -0.39 is 0 Å². The lowest BCUT2D eigenvalue weighted by atomic mass is 10.3. The molecule has 2 rings (SSSR count). The van der Waals surface area contributed by atoms with Crippen LogP contribution < -0.4 is 15.1 Å². The molecule has 1 fully saturated rings. The Kier molecular flexibility index (Phi) is 5.50. The molecule has 6 nitrogen and oxygen atoms in total. The zero-order valence-corrected chi connectivity index (χ0v) is 14.4. The molecule has 0 bridgehead atoms. The molecule has 0 radical (unpaired) electrons. The van der Waals surface area contributed by atoms with Gasteiger partial charge in [0, 0.05) is 44.2 Å². The van der Waals surface area contributed by atoms with E-state index in [2.05, 4.69) is 45.9 Å². The number of aromatic nitrogens is 3. The van der Waals surface area contributed by atoms with Crippen molar-refractivity contribution in [3.63, 3.8) is 0 Å². The van der Waals surface area contributed by atoms with Crippen molar-refractivity contribution in [3.8, 4) is 0 Å². The van der Waals surface area contributed by atoms with Crippen LogP contribution in [0.1, 0.15) is 27.2 Å². The molecule has 21 heavy (non-hydrogen) atoms. The second-order valence-corrected chi connectivity index (χ2v) is 7.62. The molecule has 1 aliphatic heterocycles. The van der Waals surface area contributed by atoms with E-state index in [-0.39, 0.29) is 0 Å². The van der Waals surface area contributed by atoms with Gasteiger partial charge in [-0.15, -0.1) is 0 Å². The summed E-state index contributed by atoms with van der Waals surface area (Å²) in [6.45, 7) is 9.50. The highest BCUT2D eigenvalue weighted by molar-refractivity contribution is 8.00. The predicted molar refractivity (Wildman–Crippen MR) is 91.7 cm³/mol. The Labute approximate surface area is 131 Å². The summed E-state index contributed by atoms with van der Waals surface area (Å²) in [5.41, 5.74) is 0. The molecule has 7 heteroatoms. The third-order valence-electron chi connectivity index (χ3n) is 3.25. The highest BCUT2D eigenvalue weighted by Crippen LogP contribution is 2.27. The van der Waals surface area contributed by atoms with Crippen molar-refractivity contribution in [3.05, 3.63) is 0 Å². The van der Waals surface area contributed by atoms with Crippen LogP contribution in [0.15, 0.2) is 0 Å². The molecule has 1 N–H and O–H groups in total. The van der Waals surface area contributed by atoms with Crippen LogP contribution in [0.4, 0.5) is 17.8 Å².